The van der Waals surface area contributed by atoms with Crippen molar-refractivity contribution in [3.63, 3.8) is 0 Å². The summed E-state index contributed by atoms with van der Waals surface area (Å²) in [6.45, 7) is 5.66. The van der Waals surface area contributed by atoms with Gasteiger partial charge in [-0.15, -0.1) is 0 Å². The summed E-state index contributed by atoms with van der Waals surface area (Å²) in [6.07, 6.45) is 4.86. The highest BCUT2D eigenvalue weighted by Crippen LogP contribution is 2.46. The van der Waals surface area contributed by atoms with Crippen molar-refractivity contribution in [1.29, 1.82) is 0 Å². The van der Waals surface area contributed by atoms with Crippen LogP contribution in [0.4, 0.5) is 5.82 Å². The summed E-state index contributed by atoms with van der Waals surface area (Å²) >= 11 is 0. The van der Waals surface area contributed by atoms with Gasteiger partial charge in [-0.25, -0.2) is 4.79 Å². The topological polar surface area (TPSA) is 87.2 Å². The Morgan fingerprint density at radius 1 is 1.40 bits per heavy atom. The molecule has 7 nitrogen and oxygen atoms in total. The van der Waals surface area contributed by atoms with E-state index in [1.807, 2.05) is 4.90 Å². The van der Waals surface area contributed by atoms with E-state index in [0.29, 0.717) is 24.8 Å². The van der Waals surface area contributed by atoms with Crippen LogP contribution in [-0.4, -0.2) is 34.6 Å². The Hall–Kier alpha value is -2.05. The van der Waals surface area contributed by atoms with Crippen LogP contribution in [0.5, 0.6) is 0 Å². The molecule has 7 heteroatoms. The number of amides is 1. The number of nitrogens with zero attached hydrogens (tertiary/aromatic N) is 2. The van der Waals surface area contributed by atoms with E-state index in [2.05, 4.69) is 24.1 Å². The van der Waals surface area contributed by atoms with Crippen LogP contribution in [0.3, 0.4) is 0 Å². The molecule has 1 amide bonds. The molecule has 138 valence electrons. The quantitative estimate of drug-likeness (QED) is 0.831. The molecular weight excluding hydrogens is 320 g/mol. The zero-order valence-corrected chi connectivity index (χ0v) is 15.3. The highest BCUT2D eigenvalue weighted by Gasteiger charge is 2.45. The lowest BCUT2D eigenvalue weighted by Crippen LogP contribution is -2.50. The summed E-state index contributed by atoms with van der Waals surface area (Å²) in [5.74, 6) is 1.22. The van der Waals surface area contributed by atoms with Crippen molar-refractivity contribution in [2.24, 2.45) is 18.4 Å². The zero-order valence-electron chi connectivity index (χ0n) is 15.3. The van der Waals surface area contributed by atoms with Crippen LogP contribution in [0.15, 0.2) is 15.7 Å². The Morgan fingerprint density at radius 2 is 2.12 bits per heavy atom. The van der Waals surface area contributed by atoms with Crippen molar-refractivity contribution >= 4 is 11.7 Å². The third kappa shape index (κ3) is 3.50. The lowest BCUT2D eigenvalue weighted by Gasteiger charge is -2.42. The van der Waals surface area contributed by atoms with Crippen LogP contribution in [0, 0.1) is 11.3 Å². The first kappa shape index (κ1) is 17.8. The second-order valence-corrected chi connectivity index (χ2v) is 7.99. The zero-order chi connectivity index (χ0) is 18.2. The average molecular weight is 348 g/mol. The fraction of sp³-hybridized carbons (Fsp3) is 0.722. The Morgan fingerprint density at radius 3 is 2.68 bits per heavy atom. The van der Waals surface area contributed by atoms with Gasteiger partial charge in [0.15, 0.2) is 0 Å². The van der Waals surface area contributed by atoms with Gasteiger partial charge < -0.3 is 10.2 Å². The third-order valence-electron chi connectivity index (χ3n) is 5.59. The summed E-state index contributed by atoms with van der Waals surface area (Å²) < 4.78 is 1.05. The van der Waals surface area contributed by atoms with Gasteiger partial charge >= 0.3 is 5.69 Å². The number of anilines is 1. The van der Waals surface area contributed by atoms with E-state index < -0.39 is 5.69 Å². The van der Waals surface area contributed by atoms with Crippen molar-refractivity contribution in [1.82, 2.24) is 14.9 Å². The molecule has 1 aliphatic carbocycles. The predicted octanol–water partition coefficient (Wildman–Crippen LogP) is 0.985. The molecule has 1 atom stereocenters. The van der Waals surface area contributed by atoms with E-state index in [9.17, 15) is 14.4 Å². The van der Waals surface area contributed by atoms with Crippen molar-refractivity contribution in [2.45, 2.75) is 52.0 Å². The SMILES string of the molecule is CC(C)CC1(C(=O)N[C@H]2CCN(c3cc(=O)n(C)c(=O)[nH]3)C2)CCC1. The second-order valence-electron chi connectivity index (χ2n) is 7.99. The molecule has 1 aliphatic heterocycles. The van der Waals surface area contributed by atoms with Gasteiger partial charge in [-0.1, -0.05) is 20.3 Å². The minimum atomic E-state index is -0.416. The normalized spacial score (nSPS) is 22.1. The molecule has 0 radical (unpaired) electrons. The number of aromatic amines is 1. The number of rotatable bonds is 5. The third-order valence-corrected chi connectivity index (χ3v) is 5.59. The van der Waals surface area contributed by atoms with E-state index in [4.69, 9.17) is 0 Å². The lowest BCUT2D eigenvalue weighted by molar-refractivity contribution is -0.138. The number of H-pyrrole nitrogens is 1. The monoisotopic (exact) mass is 348 g/mol. The standard InChI is InChI=1S/C18H28N4O3/c1-12(2)10-18(6-4-7-18)16(24)19-13-5-8-22(11-13)14-9-15(23)21(3)17(25)20-14/h9,12-13H,4-8,10-11H2,1-3H3,(H,19,24)(H,20,25)/t13-/m0/s1. The minimum Gasteiger partial charge on any atom is -0.356 e. The Labute approximate surface area is 147 Å². The van der Waals surface area contributed by atoms with E-state index >= 15 is 0 Å². The molecule has 2 heterocycles. The summed E-state index contributed by atoms with van der Waals surface area (Å²) in [5, 5.41) is 3.21. The minimum absolute atomic E-state index is 0.0599. The van der Waals surface area contributed by atoms with Crippen LogP contribution < -0.4 is 21.5 Å². The van der Waals surface area contributed by atoms with E-state index in [1.165, 1.54) is 13.1 Å². The second kappa shape index (κ2) is 6.69. The van der Waals surface area contributed by atoms with Crippen LogP contribution in [-0.2, 0) is 11.8 Å². The van der Waals surface area contributed by atoms with Gasteiger partial charge in [-0.05, 0) is 31.6 Å². The van der Waals surface area contributed by atoms with Crippen molar-refractivity contribution < 1.29 is 4.79 Å². The summed E-state index contributed by atoms with van der Waals surface area (Å²) in [5.41, 5.74) is -0.921. The van der Waals surface area contributed by atoms with Crippen LogP contribution in [0.25, 0.3) is 0 Å². The summed E-state index contributed by atoms with van der Waals surface area (Å²) in [4.78, 5) is 41.1. The largest absolute Gasteiger partial charge is 0.356 e. The molecule has 0 aromatic carbocycles. The first-order valence-electron chi connectivity index (χ1n) is 9.17. The number of aromatic nitrogens is 2. The van der Waals surface area contributed by atoms with E-state index in [-0.39, 0.29) is 22.9 Å². The predicted molar refractivity (Wildman–Crippen MR) is 96.8 cm³/mol. The highest BCUT2D eigenvalue weighted by molar-refractivity contribution is 5.84. The maximum Gasteiger partial charge on any atom is 0.329 e. The molecule has 0 spiro atoms. The molecule has 0 bridgehead atoms. The average Bonchev–Trinajstić information content (AvgIpc) is 2.96. The number of nitrogens with one attached hydrogen (secondary N) is 2. The molecule has 25 heavy (non-hydrogen) atoms. The molecule has 1 aromatic heterocycles. The molecule has 3 rings (SSSR count). The van der Waals surface area contributed by atoms with Crippen molar-refractivity contribution in [2.75, 3.05) is 18.0 Å². The van der Waals surface area contributed by atoms with Gasteiger partial charge in [0.25, 0.3) is 5.56 Å². The maximum atomic E-state index is 12.8. The Balaban J connectivity index is 1.64. The van der Waals surface area contributed by atoms with Gasteiger partial charge in [0, 0.05) is 37.7 Å². The molecule has 2 aliphatic rings. The van der Waals surface area contributed by atoms with E-state index in [0.717, 1.165) is 36.7 Å². The molecular formula is C18H28N4O3. The van der Waals surface area contributed by atoms with Gasteiger partial charge in [0.2, 0.25) is 5.91 Å². The van der Waals surface area contributed by atoms with Crippen molar-refractivity contribution in [3.05, 3.63) is 26.9 Å². The Kier molecular flexibility index (Phi) is 4.75. The molecule has 1 saturated heterocycles. The Bertz CT molecular complexity index is 729. The van der Waals surface area contributed by atoms with Gasteiger partial charge in [0.05, 0.1) is 0 Å². The highest BCUT2D eigenvalue weighted by atomic mass is 16.2. The lowest BCUT2D eigenvalue weighted by atomic mass is 9.64. The fourth-order valence-electron chi connectivity index (χ4n) is 4.06. The molecule has 1 saturated carbocycles. The van der Waals surface area contributed by atoms with Gasteiger partial charge in [-0.3, -0.25) is 19.1 Å². The first-order chi connectivity index (χ1) is 11.8. The summed E-state index contributed by atoms with van der Waals surface area (Å²) in [6, 6.07) is 1.50. The molecule has 0 unspecified atom stereocenters. The van der Waals surface area contributed by atoms with Gasteiger partial charge in [-0.2, -0.15) is 0 Å². The van der Waals surface area contributed by atoms with Crippen LogP contribution >= 0.6 is 0 Å². The molecule has 2 fully saturated rings. The van der Waals surface area contributed by atoms with Crippen molar-refractivity contribution in [3.8, 4) is 0 Å². The van der Waals surface area contributed by atoms with Crippen LogP contribution in [0.2, 0.25) is 0 Å². The van der Waals surface area contributed by atoms with Gasteiger partial charge in [0.1, 0.15) is 5.82 Å². The number of hydrogen-bond donors (Lipinski definition) is 2. The summed E-state index contributed by atoms with van der Waals surface area (Å²) in [7, 11) is 1.45. The molecule has 1 aromatic rings. The fourth-order valence-corrected chi connectivity index (χ4v) is 4.06. The van der Waals surface area contributed by atoms with E-state index in [1.54, 1.807) is 0 Å². The smallest absolute Gasteiger partial charge is 0.329 e. The number of carbonyl (C=O) groups excluding carboxylic acids is 1. The molecule has 2 N–H and O–H groups in total. The number of carbonyl (C=O) groups is 1. The number of hydrogen-bond acceptors (Lipinski definition) is 4. The maximum absolute atomic E-state index is 12.8. The first-order valence-corrected chi connectivity index (χ1v) is 9.17. The van der Waals surface area contributed by atoms with Crippen LogP contribution in [0.1, 0.15) is 46.0 Å².